The van der Waals surface area contributed by atoms with E-state index in [-0.39, 0.29) is 23.7 Å². The second-order valence-electron chi connectivity index (χ2n) is 8.47. The first-order chi connectivity index (χ1) is 14.6. The molecule has 3 rings (SSSR count). The van der Waals surface area contributed by atoms with Gasteiger partial charge in [0.2, 0.25) is 0 Å². The van der Waals surface area contributed by atoms with Gasteiger partial charge >= 0.3 is 12.1 Å². The molecule has 2 amide bonds. The van der Waals surface area contributed by atoms with Crippen LogP contribution in [0.1, 0.15) is 31.3 Å². The third-order valence-corrected chi connectivity index (χ3v) is 4.60. The predicted molar refractivity (Wildman–Crippen MR) is 117 cm³/mol. The normalized spacial score (nSPS) is 14.2. The first-order valence-corrected chi connectivity index (χ1v) is 10.2. The number of hydrogen-bond donors (Lipinski definition) is 0. The number of piperazine rings is 1. The van der Waals surface area contributed by atoms with Crippen molar-refractivity contribution in [1.82, 2.24) is 19.8 Å². The molecule has 0 unspecified atom stereocenters. The number of ether oxygens (including phenoxy) is 2. The van der Waals surface area contributed by atoms with Crippen molar-refractivity contribution in [2.24, 2.45) is 0 Å². The van der Waals surface area contributed by atoms with Crippen molar-refractivity contribution in [2.75, 3.05) is 45.2 Å². The van der Waals surface area contributed by atoms with Crippen LogP contribution >= 0.6 is 0 Å². The van der Waals surface area contributed by atoms with Crippen molar-refractivity contribution in [3.63, 3.8) is 0 Å². The molecule has 0 bridgehead atoms. The summed E-state index contributed by atoms with van der Waals surface area (Å²) in [5, 5.41) is 0. The Bertz CT molecular complexity index is 916. The van der Waals surface area contributed by atoms with Crippen LogP contribution in [0.5, 0.6) is 11.8 Å². The maximum atomic E-state index is 12.2. The average molecular weight is 428 g/mol. The number of hydrogen-bond acceptors (Lipinski definition) is 7. The van der Waals surface area contributed by atoms with E-state index in [0.717, 1.165) is 18.8 Å². The molecule has 1 fully saturated rings. The Morgan fingerprint density at radius 1 is 1.00 bits per heavy atom. The Labute approximate surface area is 182 Å². The van der Waals surface area contributed by atoms with Crippen LogP contribution in [-0.2, 0) is 4.74 Å². The Morgan fingerprint density at radius 3 is 2.23 bits per heavy atom. The third kappa shape index (κ3) is 6.07. The van der Waals surface area contributed by atoms with Crippen molar-refractivity contribution < 1.29 is 19.1 Å². The van der Waals surface area contributed by atoms with Gasteiger partial charge < -0.3 is 24.2 Å². The van der Waals surface area contributed by atoms with E-state index < -0.39 is 5.60 Å². The topological polar surface area (TPSA) is 88.1 Å². The molecule has 9 heteroatoms. The molecular weight excluding hydrogens is 398 g/mol. The van der Waals surface area contributed by atoms with E-state index in [1.54, 1.807) is 25.1 Å². The summed E-state index contributed by atoms with van der Waals surface area (Å²) < 4.78 is 11.1. The fourth-order valence-electron chi connectivity index (χ4n) is 3.04. The number of anilines is 1. The molecule has 31 heavy (non-hydrogen) atoms. The standard InChI is InChI=1S/C22H29N5O4/c1-22(2,3)31-21(29)27-14-12-26(13-15-27)16-6-8-17(9-7-16)30-20-23-11-10-18(24-20)19(28)25(4)5/h6-11H,12-15H2,1-5H3. The lowest BCUT2D eigenvalue weighted by Crippen LogP contribution is -2.50. The first kappa shape index (κ1) is 22.3. The molecule has 0 radical (unpaired) electrons. The molecular formula is C22H29N5O4. The zero-order valence-electron chi connectivity index (χ0n) is 18.7. The van der Waals surface area contributed by atoms with E-state index in [1.165, 1.54) is 11.1 Å². The quantitative estimate of drug-likeness (QED) is 0.741. The van der Waals surface area contributed by atoms with Gasteiger partial charge in [0, 0.05) is 52.2 Å². The Hall–Kier alpha value is -3.36. The average Bonchev–Trinajstić information content (AvgIpc) is 2.73. The highest BCUT2D eigenvalue weighted by molar-refractivity contribution is 5.91. The number of amides is 2. The minimum atomic E-state index is -0.493. The highest BCUT2D eigenvalue weighted by Gasteiger charge is 2.26. The van der Waals surface area contributed by atoms with E-state index in [1.807, 2.05) is 45.0 Å². The van der Waals surface area contributed by atoms with Crippen LogP contribution in [0.2, 0.25) is 0 Å². The molecule has 166 valence electrons. The van der Waals surface area contributed by atoms with Gasteiger partial charge in [0.15, 0.2) is 0 Å². The van der Waals surface area contributed by atoms with Gasteiger partial charge in [-0.05, 0) is 51.1 Å². The van der Waals surface area contributed by atoms with Crippen molar-refractivity contribution in [3.8, 4) is 11.8 Å². The molecule has 1 aliphatic heterocycles. The van der Waals surface area contributed by atoms with E-state index in [0.29, 0.717) is 18.8 Å². The molecule has 0 saturated carbocycles. The largest absolute Gasteiger partial charge is 0.444 e. The Kier molecular flexibility index (Phi) is 6.62. The second-order valence-corrected chi connectivity index (χ2v) is 8.47. The molecule has 0 spiro atoms. The van der Waals surface area contributed by atoms with Gasteiger partial charge in [0.25, 0.3) is 5.91 Å². The number of carbonyl (C=O) groups is 2. The maximum Gasteiger partial charge on any atom is 0.410 e. The summed E-state index contributed by atoms with van der Waals surface area (Å²) >= 11 is 0. The van der Waals surface area contributed by atoms with E-state index in [4.69, 9.17) is 9.47 Å². The van der Waals surface area contributed by atoms with Gasteiger partial charge in [0.05, 0.1) is 0 Å². The highest BCUT2D eigenvalue weighted by Crippen LogP contribution is 2.24. The number of rotatable bonds is 4. The molecule has 0 atom stereocenters. The summed E-state index contributed by atoms with van der Waals surface area (Å²) in [6.07, 6.45) is 1.23. The molecule has 2 heterocycles. The lowest BCUT2D eigenvalue weighted by molar-refractivity contribution is 0.0240. The minimum Gasteiger partial charge on any atom is -0.444 e. The van der Waals surface area contributed by atoms with Crippen molar-refractivity contribution >= 4 is 17.7 Å². The number of carbonyl (C=O) groups excluding carboxylic acids is 2. The monoisotopic (exact) mass is 427 g/mol. The van der Waals surface area contributed by atoms with Gasteiger partial charge in [-0.25, -0.2) is 9.78 Å². The van der Waals surface area contributed by atoms with Gasteiger partial charge in [-0.2, -0.15) is 4.98 Å². The highest BCUT2D eigenvalue weighted by atomic mass is 16.6. The first-order valence-electron chi connectivity index (χ1n) is 10.2. The van der Waals surface area contributed by atoms with E-state index in [9.17, 15) is 9.59 Å². The van der Waals surface area contributed by atoms with Crippen LogP contribution in [-0.4, -0.2) is 77.6 Å². The summed E-state index contributed by atoms with van der Waals surface area (Å²) in [5.41, 5.74) is 0.815. The van der Waals surface area contributed by atoms with Crippen LogP contribution in [0.4, 0.5) is 10.5 Å². The Morgan fingerprint density at radius 2 is 1.65 bits per heavy atom. The van der Waals surface area contributed by atoms with Gasteiger partial charge in [-0.3, -0.25) is 4.79 Å². The number of aromatic nitrogens is 2. The molecule has 2 aromatic rings. The lowest BCUT2D eigenvalue weighted by Gasteiger charge is -2.36. The van der Waals surface area contributed by atoms with E-state index in [2.05, 4.69) is 14.9 Å². The summed E-state index contributed by atoms with van der Waals surface area (Å²) in [5.74, 6) is 0.360. The zero-order chi connectivity index (χ0) is 22.6. The van der Waals surface area contributed by atoms with Crippen molar-refractivity contribution in [2.45, 2.75) is 26.4 Å². The molecule has 1 aromatic heterocycles. The maximum absolute atomic E-state index is 12.2. The molecule has 9 nitrogen and oxygen atoms in total. The van der Waals surface area contributed by atoms with Crippen molar-refractivity contribution in [3.05, 3.63) is 42.2 Å². The fourth-order valence-corrected chi connectivity index (χ4v) is 3.04. The van der Waals surface area contributed by atoms with Crippen LogP contribution in [0.25, 0.3) is 0 Å². The minimum absolute atomic E-state index is 0.117. The molecule has 1 saturated heterocycles. The van der Waals surface area contributed by atoms with E-state index >= 15 is 0 Å². The van der Waals surface area contributed by atoms with Gasteiger partial charge in [0.1, 0.15) is 17.0 Å². The molecule has 0 N–H and O–H groups in total. The van der Waals surface area contributed by atoms with Gasteiger partial charge in [-0.15, -0.1) is 0 Å². The third-order valence-electron chi connectivity index (χ3n) is 4.60. The van der Waals surface area contributed by atoms with Crippen LogP contribution in [0, 0.1) is 0 Å². The summed E-state index contributed by atoms with van der Waals surface area (Å²) in [4.78, 5) is 37.9. The number of nitrogens with zero attached hydrogens (tertiary/aromatic N) is 5. The summed E-state index contributed by atoms with van der Waals surface area (Å²) in [6.45, 7) is 8.25. The zero-order valence-corrected chi connectivity index (χ0v) is 18.7. The van der Waals surface area contributed by atoms with Crippen LogP contribution < -0.4 is 9.64 Å². The molecule has 1 aromatic carbocycles. The SMILES string of the molecule is CN(C)C(=O)c1ccnc(Oc2ccc(N3CCN(C(=O)OC(C)(C)C)CC3)cc2)n1. The summed E-state index contributed by atoms with van der Waals surface area (Å²) in [6, 6.07) is 9.24. The van der Waals surface area contributed by atoms with Gasteiger partial charge in [-0.1, -0.05) is 0 Å². The lowest BCUT2D eigenvalue weighted by atomic mass is 10.2. The predicted octanol–water partition coefficient (Wildman–Crippen LogP) is 3.03. The summed E-state index contributed by atoms with van der Waals surface area (Å²) in [7, 11) is 3.33. The fraction of sp³-hybridized carbons (Fsp3) is 0.455. The van der Waals surface area contributed by atoms with Crippen LogP contribution in [0.15, 0.2) is 36.5 Å². The van der Waals surface area contributed by atoms with Crippen LogP contribution in [0.3, 0.4) is 0 Å². The van der Waals surface area contributed by atoms with Crippen molar-refractivity contribution in [1.29, 1.82) is 0 Å². The second kappa shape index (κ2) is 9.20. The molecule has 0 aliphatic carbocycles. The number of benzene rings is 1. The smallest absolute Gasteiger partial charge is 0.410 e. The Balaban J connectivity index is 1.57. The molecule has 1 aliphatic rings.